The van der Waals surface area contributed by atoms with E-state index in [-0.39, 0.29) is 4.90 Å². The van der Waals surface area contributed by atoms with Crippen LogP contribution in [-0.2, 0) is 10.0 Å². The van der Waals surface area contributed by atoms with E-state index in [1.165, 1.54) is 6.20 Å². The van der Waals surface area contributed by atoms with Gasteiger partial charge in [0.15, 0.2) is 0 Å². The van der Waals surface area contributed by atoms with Gasteiger partial charge in [-0.15, -0.1) is 9.19 Å². The number of aryl methyl sites for hydroxylation is 2. The van der Waals surface area contributed by atoms with E-state index >= 15 is 0 Å². The molecular formula is C22H19N3O2S. The second-order valence-electron chi connectivity index (χ2n) is 6.71. The van der Waals surface area contributed by atoms with E-state index in [4.69, 9.17) is 0 Å². The van der Waals surface area contributed by atoms with Gasteiger partial charge in [0.2, 0.25) is 0 Å². The molecule has 3 aromatic carbocycles. The van der Waals surface area contributed by atoms with Crippen molar-refractivity contribution in [3.8, 4) is 22.4 Å². The zero-order valence-corrected chi connectivity index (χ0v) is 16.4. The van der Waals surface area contributed by atoms with Crippen LogP contribution in [0.3, 0.4) is 0 Å². The summed E-state index contributed by atoms with van der Waals surface area (Å²) in [6, 6.07) is 22.6. The summed E-state index contributed by atoms with van der Waals surface area (Å²) in [6.07, 6.45) is 1.46. The minimum Gasteiger partial charge on any atom is -0.199 e. The van der Waals surface area contributed by atoms with Crippen LogP contribution in [0.25, 0.3) is 22.4 Å². The van der Waals surface area contributed by atoms with Crippen molar-refractivity contribution in [2.24, 2.45) is 0 Å². The smallest absolute Gasteiger partial charge is 0.199 e. The van der Waals surface area contributed by atoms with E-state index in [1.807, 2.05) is 56.3 Å². The first-order valence-corrected chi connectivity index (χ1v) is 10.3. The standard InChI is InChI=1S/C22H19N3O2S/c1-16-8-11-19(12-9-16)28(26,27)25-15-22(23-24-25)20-13-10-17(2)14-21(20)18-6-4-3-5-7-18/h3-15H,1-2H3. The molecule has 0 N–H and O–H groups in total. The van der Waals surface area contributed by atoms with Crippen molar-refractivity contribution in [3.63, 3.8) is 0 Å². The largest absolute Gasteiger partial charge is 0.284 e. The lowest BCUT2D eigenvalue weighted by atomic mass is 9.96. The average molecular weight is 389 g/mol. The Morgan fingerprint density at radius 1 is 0.786 bits per heavy atom. The summed E-state index contributed by atoms with van der Waals surface area (Å²) in [5.74, 6) is 0. The Morgan fingerprint density at radius 2 is 1.46 bits per heavy atom. The molecule has 0 bridgehead atoms. The Morgan fingerprint density at radius 3 is 2.18 bits per heavy atom. The lowest BCUT2D eigenvalue weighted by Crippen LogP contribution is -2.13. The van der Waals surface area contributed by atoms with Crippen molar-refractivity contribution in [3.05, 3.63) is 90.1 Å². The second-order valence-corrected chi connectivity index (χ2v) is 8.51. The van der Waals surface area contributed by atoms with Gasteiger partial charge in [-0.3, -0.25) is 0 Å². The van der Waals surface area contributed by atoms with Crippen LogP contribution in [0.2, 0.25) is 0 Å². The van der Waals surface area contributed by atoms with E-state index in [9.17, 15) is 8.42 Å². The average Bonchev–Trinajstić information content (AvgIpc) is 3.20. The molecule has 6 heteroatoms. The summed E-state index contributed by atoms with van der Waals surface area (Å²) in [5, 5.41) is 8.04. The van der Waals surface area contributed by atoms with Gasteiger partial charge in [-0.2, -0.15) is 8.42 Å². The monoisotopic (exact) mass is 389 g/mol. The van der Waals surface area contributed by atoms with Gasteiger partial charge in [0.05, 0.1) is 11.1 Å². The van der Waals surface area contributed by atoms with E-state index in [2.05, 4.69) is 16.4 Å². The van der Waals surface area contributed by atoms with Crippen LogP contribution in [0.5, 0.6) is 0 Å². The Hall–Kier alpha value is -3.25. The normalized spacial score (nSPS) is 11.5. The molecule has 0 saturated carbocycles. The third-order valence-electron chi connectivity index (χ3n) is 4.57. The fraction of sp³-hybridized carbons (Fsp3) is 0.0909. The van der Waals surface area contributed by atoms with Gasteiger partial charge in [-0.05, 0) is 37.1 Å². The van der Waals surface area contributed by atoms with Crippen molar-refractivity contribution in [2.45, 2.75) is 18.7 Å². The summed E-state index contributed by atoms with van der Waals surface area (Å²) in [4.78, 5) is 0.182. The molecule has 1 aromatic heterocycles. The first-order valence-electron chi connectivity index (χ1n) is 8.86. The van der Waals surface area contributed by atoms with Crippen LogP contribution in [0, 0.1) is 13.8 Å². The first-order chi connectivity index (χ1) is 13.4. The predicted molar refractivity (Wildman–Crippen MR) is 109 cm³/mol. The minimum absolute atomic E-state index is 0.182. The molecule has 140 valence electrons. The maximum atomic E-state index is 12.9. The van der Waals surface area contributed by atoms with Gasteiger partial charge in [0, 0.05) is 5.56 Å². The van der Waals surface area contributed by atoms with Gasteiger partial charge in [0.25, 0.3) is 10.0 Å². The van der Waals surface area contributed by atoms with Gasteiger partial charge >= 0.3 is 0 Å². The van der Waals surface area contributed by atoms with Crippen molar-refractivity contribution >= 4 is 10.0 Å². The SMILES string of the molecule is Cc1ccc(S(=O)(=O)n2cc(-c3ccc(C)cc3-c3ccccc3)nn2)cc1. The first kappa shape index (κ1) is 18.1. The van der Waals surface area contributed by atoms with Crippen LogP contribution in [0.4, 0.5) is 0 Å². The zero-order valence-electron chi connectivity index (χ0n) is 15.6. The quantitative estimate of drug-likeness (QED) is 0.517. The number of aromatic nitrogens is 3. The Bertz CT molecular complexity index is 1230. The topological polar surface area (TPSA) is 64.8 Å². The molecule has 0 unspecified atom stereocenters. The van der Waals surface area contributed by atoms with Gasteiger partial charge in [-0.25, -0.2) is 0 Å². The van der Waals surface area contributed by atoms with Gasteiger partial charge in [0.1, 0.15) is 5.69 Å². The van der Waals surface area contributed by atoms with Crippen molar-refractivity contribution < 1.29 is 8.42 Å². The van der Waals surface area contributed by atoms with Crippen LogP contribution >= 0.6 is 0 Å². The number of rotatable bonds is 4. The summed E-state index contributed by atoms with van der Waals surface area (Å²) in [6.45, 7) is 3.93. The maximum Gasteiger partial charge on any atom is 0.284 e. The predicted octanol–water partition coefficient (Wildman–Crippen LogP) is 4.47. The lowest BCUT2D eigenvalue weighted by molar-refractivity contribution is 0.577. The number of hydrogen-bond acceptors (Lipinski definition) is 4. The number of hydrogen-bond donors (Lipinski definition) is 0. The number of benzene rings is 3. The molecule has 0 radical (unpaired) electrons. The van der Waals surface area contributed by atoms with Crippen LogP contribution in [-0.4, -0.2) is 22.8 Å². The summed E-state index contributed by atoms with van der Waals surface area (Å²) < 4.78 is 26.7. The molecule has 0 aliphatic heterocycles. The molecule has 0 fully saturated rings. The van der Waals surface area contributed by atoms with E-state index < -0.39 is 10.0 Å². The van der Waals surface area contributed by atoms with E-state index in [1.54, 1.807) is 24.3 Å². The number of nitrogens with zero attached hydrogens (tertiary/aromatic N) is 3. The summed E-state index contributed by atoms with van der Waals surface area (Å²) in [5.41, 5.74) is 5.47. The van der Waals surface area contributed by atoms with E-state index in [0.717, 1.165) is 31.9 Å². The highest BCUT2D eigenvalue weighted by atomic mass is 32.2. The third kappa shape index (κ3) is 3.34. The molecule has 0 aliphatic rings. The summed E-state index contributed by atoms with van der Waals surface area (Å²) >= 11 is 0. The second kappa shape index (κ2) is 7.05. The Kier molecular flexibility index (Phi) is 4.57. The molecule has 0 saturated heterocycles. The Labute approximate surface area is 164 Å². The lowest BCUT2D eigenvalue weighted by Gasteiger charge is -2.09. The molecular weight excluding hydrogens is 370 g/mol. The minimum atomic E-state index is -3.79. The van der Waals surface area contributed by atoms with Crippen molar-refractivity contribution in [1.29, 1.82) is 0 Å². The fourth-order valence-electron chi connectivity index (χ4n) is 3.05. The van der Waals surface area contributed by atoms with E-state index in [0.29, 0.717) is 5.69 Å². The molecule has 4 aromatic rings. The molecule has 0 aliphatic carbocycles. The summed E-state index contributed by atoms with van der Waals surface area (Å²) in [7, 11) is -3.79. The maximum absolute atomic E-state index is 12.9. The van der Waals surface area contributed by atoms with Crippen LogP contribution < -0.4 is 0 Å². The molecule has 1 heterocycles. The highest BCUT2D eigenvalue weighted by molar-refractivity contribution is 7.89. The van der Waals surface area contributed by atoms with Gasteiger partial charge in [-0.1, -0.05) is 77.0 Å². The highest BCUT2D eigenvalue weighted by Crippen LogP contribution is 2.32. The van der Waals surface area contributed by atoms with Gasteiger partial charge < -0.3 is 0 Å². The Balaban J connectivity index is 1.80. The van der Waals surface area contributed by atoms with Crippen LogP contribution in [0.15, 0.2) is 83.9 Å². The molecule has 5 nitrogen and oxygen atoms in total. The molecule has 0 amide bonds. The van der Waals surface area contributed by atoms with Crippen molar-refractivity contribution in [1.82, 2.24) is 14.4 Å². The molecule has 28 heavy (non-hydrogen) atoms. The van der Waals surface area contributed by atoms with Crippen molar-refractivity contribution in [2.75, 3.05) is 0 Å². The molecule has 0 atom stereocenters. The zero-order chi connectivity index (χ0) is 19.7. The molecule has 4 rings (SSSR count). The highest BCUT2D eigenvalue weighted by Gasteiger charge is 2.20. The van der Waals surface area contributed by atoms with Crippen LogP contribution in [0.1, 0.15) is 11.1 Å². The fourth-order valence-corrected chi connectivity index (χ4v) is 4.11. The third-order valence-corrected chi connectivity index (χ3v) is 6.11. The molecule has 0 spiro atoms.